The Morgan fingerprint density at radius 3 is 2.89 bits per heavy atom. The third-order valence-corrected chi connectivity index (χ3v) is 3.32. The summed E-state index contributed by atoms with van der Waals surface area (Å²) in [5.74, 6) is 0.175. The monoisotopic (exact) mass is 250 g/mol. The van der Waals surface area contributed by atoms with E-state index in [1.807, 2.05) is 18.2 Å². The van der Waals surface area contributed by atoms with Crippen LogP contribution in [0.1, 0.15) is 18.1 Å². The number of carbonyl (C=O) groups excluding carboxylic acids is 1. The number of fused-ring (bicyclic) bond motifs is 3. The largest absolute Gasteiger partial charge is 0.423 e. The van der Waals surface area contributed by atoms with Gasteiger partial charge >= 0.3 is 5.97 Å². The van der Waals surface area contributed by atoms with Gasteiger partial charge in [-0.3, -0.25) is 0 Å². The molecule has 0 aromatic heterocycles. The molecule has 0 unspecified atom stereocenters. The Kier molecular flexibility index (Phi) is 2.71. The fraction of sp³-hybridized carbons (Fsp3) is 0.118. The van der Waals surface area contributed by atoms with Crippen molar-refractivity contribution >= 4 is 22.8 Å². The van der Waals surface area contributed by atoms with E-state index in [-0.39, 0.29) is 5.97 Å². The number of benzene rings is 2. The Hall–Kier alpha value is -2.35. The van der Waals surface area contributed by atoms with E-state index in [1.54, 1.807) is 6.92 Å². The van der Waals surface area contributed by atoms with Crippen LogP contribution in [0.15, 0.2) is 48.6 Å². The van der Waals surface area contributed by atoms with Crippen molar-refractivity contribution in [3.63, 3.8) is 0 Å². The van der Waals surface area contributed by atoms with E-state index in [9.17, 15) is 4.79 Å². The van der Waals surface area contributed by atoms with Crippen molar-refractivity contribution in [3.8, 4) is 5.75 Å². The van der Waals surface area contributed by atoms with E-state index in [0.717, 1.165) is 11.8 Å². The average molecular weight is 250 g/mol. The predicted octanol–water partition coefficient (Wildman–Crippen LogP) is 3.89. The molecule has 0 heterocycles. The standard InChI is InChI=1S/C17H14O2/c1-11(2)17(18)19-14-8-9-16-13(10-14)7-6-12-4-3-5-15(12)16/h3-4,6-10H,1,5H2,2H3. The number of ether oxygens (including phenoxy) is 1. The molecule has 0 saturated carbocycles. The molecule has 2 nitrogen and oxygen atoms in total. The molecule has 0 fully saturated rings. The second-order valence-electron chi connectivity index (χ2n) is 4.79. The Labute approximate surface area is 112 Å². The molecule has 2 aromatic rings. The summed E-state index contributed by atoms with van der Waals surface area (Å²) in [6, 6.07) is 9.91. The first-order valence-corrected chi connectivity index (χ1v) is 6.25. The van der Waals surface area contributed by atoms with Crippen LogP contribution in [0.2, 0.25) is 0 Å². The van der Waals surface area contributed by atoms with Crippen LogP contribution in [-0.2, 0) is 11.2 Å². The van der Waals surface area contributed by atoms with Crippen LogP contribution < -0.4 is 4.74 Å². The van der Waals surface area contributed by atoms with E-state index >= 15 is 0 Å². The molecule has 0 N–H and O–H groups in total. The number of carbonyl (C=O) groups is 1. The zero-order valence-electron chi connectivity index (χ0n) is 10.8. The second kappa shape index (κ2) is 4.39. The highest BCUT2D eigenvalue weighted by molar-refractivity contribution is 5.93. The first-order valence-electron chi connectivity index (χ1n) is 6.25. The van der Waals surface area contributed by atoms with Crippen LogP contribution in [0.5, 0.6) is 5.75 Å². The van der Waals surface area contributed by atoms with Gasteiger partial charge in [0.05, 0.1) is 0 Å². The van der Waals surface area contributed by atoms with Crippen LogP contribution in [0.3, 0.4) is 0 Å². The van der Waals surface area contributed by atoms with Gasteiger partial charge < -0.3 is 4.74 Å². The van der Waals surface area contributed by atoms with Crippen molar-refractivity contribution in [1.29, 1.82) is 0 Å². The summed E-state index contributed by atoms with van der Waals surface area (Å²) >= 11 is 0. The third-order valence-electron chi connectivity index (χ3n) is 3.32. The van der Waals surface area contributed by atoms with E-state index in [2.05, 4.69) is 30.9 Å². The molecule has 0 bridgehead atoms. The lowest BCUT2D eigenvalue weighted by Crippen LogP contribution is -2.08. The lowest BCUT2D eigenvalue weighted by Gasteiger charge is -2.08. The smallest absolute Gasteiger partial charge is 0.338 e. The Morgan fingerprint density at radius 2 is 2.11 bits per heavy atom. The van der Waals surface area contributed by atoms with Crippen LogP contribution in [0, 0.1) is 0 Å². The maximum Gasteiger partial charge on any atom is 0.338 e. The molecule has 0 atom stereocenters. The van der Waals surface area contributed by atoms with E-state index in [1.165, 1.54) is 16.5 Å². The van der Waals surface area contributed by atoms with Gasteiger partial charge in [0.1, 0.15) is 5.75 Å². The van der Waals surface area contributed by atoms with Gasteiger partial charge in [0.15, 0.2) is 0 Å². The number of esters is 1. The molecular formula is C17H14O2. The van der Waals surface area contributed by atoms with E-state index in [0.29, 0.717) is 11.3 Å². The number of hydrogen-bond donors (Lipinski definition) is 0. The topological polar surface area (TPSA) is 26.3 Å². The fourth-order valence-electron chi connectivity index (χ4n) is 2.33. The van der Waals surface area contributed by atoms with Gasteiger partial charge in [0, 0.05) is 5.57 Å². The SMILES string of the molecule is C=C(C)C(=O)Oc1ccc2c3c(ccc2c1)C=CC3. The van der Waals surface area contributed by atoms with Gasteiger partial charge in [0.25, 0.3) is 0 Å². The molecule has 1 aliphatic carbocycles. The molecule has 0 amide bonds. The van der Waals surface area contributed by atoms with E-state index in [4.69, 9.17) is 4.74 Å². The molecule has 19 heavy (non-hydrogen) atoms. The highest BCUT2D eigenvalue weighted by Crippen LogP contribution is 2.30. The summed E-state index contributed by atoms with van der Waals surface area (Å²) in [4.78, 5) is 11.5. The van der Waals surface area contributed by atoms with Crippen molar-refractivity contribution < 1.29 is 9.53 Å². The summed E-state index contributed by atoms with van der Waals surface area (Å²) in [6.45, 7) is 5.22. The highest BCUT2D eigenvalue weighted by atomic mass is 16.5. The zero-order chi connectivity index (χ0) is 13.4. The normalized spacial score (nSPS) is 12.5. The Balaban J connectivity index is 2.01. The minimum absolute atomic E-state index is 0.387. The van der Waals surface area contributed by atoms with Gasteiger partial charge in [-0.2, -0.15) is 0 Å². The lowest BCUT2D eigenvalue weighted by molar-refractivity contribution is -0.130. The molecule has 1 aliphatic rings. The number of allylic oxidation sites excluding steroid dienone is 1. The molecule has 0 radical (unpaired) electrons. The third kappa shape index (κ3) is 2.06. The lowest BCUT2D eigenvalue weighted by atomic mass is 10.0. The van der Waals surface area contributed by atoms with E-state index < -0.39 is 0 Å². The summed E-state index contributed by atoms with van der Waals surface area (Å²) in [5.41, 5.74) is 3.02. The second-order valence-corrected chi connectivity index (χ2v) is 4.79. The number of hydrogen-bond acceptors (Lipinski definition) is 2. The summed E-state index contributed by atoms with van der Waals surface area (Å²) in [5, 5.41) is 2.31. The van der Waals surface area contributed by atoms with Crippen LogP contribution in [0.4, 0.5) is 0 Å². The van der Waals surface area contributed by atoms with Gasteiger partial charge in [-0.25, -0.2) is 4.79 Å². The van der Waals surface area contributed by atoms with Crippen LogP contribution in [0.25, 0.3) is 16.8 Å². The van der Waals surface area contributed by atoms with Gasteiger partial charge in [0.2, 0.25) is 0 Å². The van der Waals surface area contributed by atoms with Gasteiger partial charge in [-0.1, -0.05) is 36.9 Å². The maximum atomic E-state index is 11.5. The minimum Gasteiger partial charge on any atom is -0.423 e. The maximum absolute atomic E-state index is 11.5. The molecular weight excluding hydrogens is 236 g/mol. The zero-order valence-corrected chi connectivity index (χ0v) is 10.8. The van der Waals surface area contributed by atoms with Crippen molar-refractivity contribution in [1.82, 2.24) is 0 Å². The molecule has 0 spiro atoms. The number of rotatable bonds is 2. The van der Waals surface area contributed by atoms with Crippen molar-refractivity contribution in [2.24, 2.45) is 0 Å². The van der Waals surface area contributed by atoms with Crippen LogP contribution in [-0.4, -0.2) is 5.97 Å². The highest BCUT2D eigenvalue weighted by Gasteiger charge is 2.11. The minimum atomic E-state index is -0.387. The summed E-state index contributed by atoms with van der Waals surface area (Å²) < 4.78 is 5.25. The predicted molar refractivity (Wildman–Crippen MR) is 77.1 cm³/mol. The first kappa shape index (κ1) is 11.7. The molecule has 2 aromatic carbocycles. The molecule has 0 saturated heterocycles. The van der Waals surface area contributed by atoms with Gasteiger partial charge in [-0.05, 0) is 47.4 Å². The van der Waals surface area contributed by atoms with Gasteiger partial charge in [-0.15, -0.1) is 0 Å². The Morgan fingerprint density at radius 1 is 1.26 bits per heavy atom. The quantitative estimate of drug-likeness (QED) is 0.459. The fourth-order valence-corrected chi connectivity index (χ4v) is 2.33. The van der Waals surface area contributed by atoms with Crippen molar-refractivity contribution in [3.05, 3.63) is 59.7 Å². The Bertz CT molecular complexity index is 723. The molecule has 3 rings (SSSR count). The first-order chi connectivity index (χ1) is 9.15. The summed E-state index contributed by atoms with van der Waals surface area (Å²) in [7, 11) is 0. The molecule has 2 heteroatoms. The summed E-state index contributed by atoms with van der Waals surface area (Å²) in [6.07, 6.45) is 5.28. The van der Waals surface area contributed by atoms with Crippen LogP contribution >= 0.6 is 0 Å². The molecule has 94 valence electrons. The average Bonchev–Trinajstić information content (AvgIpc) is 2.86. The van der Waals surface area contributed by atoms with Crippen molar-refractivity contribution in [2.75, 3.05) is 0 Å². The molecule has 0 aliphatic heterocycles. The van der Waals surface area contributed by atoms with Crippen molar-refractivity contribution in [2.45, 2.75) is 13.3 Å².